The van der Waals surface area contributed by atoms with E-state index in [9.17, 15) is 0 Å². The number of nitrogens with one attached hydrogen (secondary N) is 2. The van der Waals surface area contributed by atoms with Gasteiger partial charge in [-0.25, -0.2) is 4.98 Å². The Labute approximate surface area is 107 Å². The van der Waals surface area contributed by atoms with Crippen molar-refractivity contribution in [3.05, 3.63) is 34.9 Å². The fourth-order valence-electron chi connectivity index (χ4n) is 1.40. The third kappa shape index (κ3) is 2.31. The van der Waals surface area contributed by atoms with Crippen molar-refractivity contribution < 1.29 is 0 Å². The first kappa shape index (κ1) is 11.3. The van der Waals surface area contributed by atoms with Gasteiger partial charge in [-0.15, -0.1) is 0 Å². The van der Waals surface area contributed by atoms with Gasteiger partial charge in [0.1, 0.15) is 10.4 Å². The molecule has 0 atom stereocenters. The highest BCUT2D eigenvalue weighted by molar-refractivity contribution is 9.10. The fraction of sp³-hybridized carbons (Fsp3) is 0.0909. The first-order valence-electron chi connectivity index (χ1n) is 4.75. The van der Waals surface area contributed by atoms with Gasteiger partial charge in [0.05, 0.1) is 0 Å². The van der Waals surface area contributed by atoms with Crippen LogP contribution in [0.2, 0.25) is 0 Å². The lowest BCUT2D eigenvalue weighted by molar-refractivity contribution is 1.18. The predicted molar refractivity (Wildman–Crippen MR) is 74.7 cm³/mol. The summed E-state index contributed by atoms with van der Waals surface area (Å²) in [4.78, 5) is 4.37. The zero-order chi connectivity index (χ0) is 11.5. The molecule has 0 fully saturated rings. The molecule has 1 heterocycles. The number of hydrogen-bond acceptors (Lipinski definition) is 2. The summed E-state index contributed by atoms with van der Waals surface area (Å²) in [6.45, 7) is 0. The number of aromatic nitrogens is 1. The van der Waals surface area contributed by atoms with Crippen LogP contribution in [0.1, 0.15) is 0 Å². The van der Waals surface area contributed by atoms with Crippen LogP contribution < -0.4 is 10.6 Å². The molecule has 0 saturated carbocycles. The van der Waals surface area contributed by atoms with Gasteiger partial charge in [0.2, 0.25) is 0 Å². The minimum Gasteiger partial charge on any atom is -0.365 e. The van der Waals surface area contributed by atoms with E-state index in [-0.39, 0.29) is 0 Å². The lowest BCUT2D eigenvalue weighted by Gasteiger charge is -2.08. The lowest BCUT2D eigenvalue weighted by atomic mass is 10.2. The molecule has 16 heavy (non-hydrogen) atoms. The van der Waals surface area contributed by atoms with Crippen LogP contribution in [0.15, 0.2) is 34.9 Å². The maximum absolute atomic E-state index is 5.03. The molecule has 3 nitrogen and oxygen atoms in total. The normalized spacial score (nSPS) is 10.1. The highest BCUT2D eigenvalue weighted by atomic mass is 79.9. The van der Waals surface area contributed by atoms with E-state index in [4.69, 9.17) is 12.2 Å². The molecule has 2 rings (SSSR count). The Hall–Kier alpha value is -1.20. The number of benzene rings is 1. The Kier molecular flexibility index (Phi) is 3.36. The Balaban J connectivity index is 2.45. The molecular weight excluding hydrogens is 286 g/mol. The number of hydrogen-bond donors (Lipinski definition) is 2. The largest absolute Gasteiger partial charge is 0.365 e. The molecule has 0 saturated heterocycles. The van der Waals surface area contributed by atoms with Gasteiger partial charge in [0.25, 0.3) is 0 Å². The molecule has 1 aromatic heterocycles. The van der Waals surface area contributed by atoms with Gasteiger partial charge in [-0.05, 0) is 39.6 Å². The summed E-state index contributed by atoms with van der Waals surface area (Å²) in [5.74, 6) is 0.727. The average molecular weight is 296 g/mol. The minimum absolute atomic E-state index is 0.551. The van der Waals surface area contributed by atoms with Crippen molar-refractivity contribution in [2.75, 3.05) is 12.4 Å². The van der Waals surface area contributed by atoms with Gasteiger partial charge in [0.15, 0.2) is 5.11 Å². The molecule has 0 bridgehead atoms. The van der Waals surface area contributed by atoms with E-state index in [0.29, 0.717) is 5.11 Å². The maximum Gasteiger partial charge on any atom is 0.171 e. The van der Waals surface area contributed by atoms with Crippen molar-refractivity contribution in [3.63, 3.8) is 0 Å². The first-order valence-corrected chi connectivity index (χ1v) is 5.95. The maximum atomic E-state index is 5.03. The quantitative estimate of drug-likeness (QED) is 0.627. The van der Waals surface area contributed by atoms with Crippen LogP contribution in [0.3, 0.4) is 0 Å². The molecule has 2 N–H and O–H groups in total. The standard InChI is InChI=1S/C11H10BrN3S/c1-13-11(16)15-9-6-7-4-2-3-5-8(7)10(12)14-9/h2-6H,1H3,(H2,13,14,15,16). The second kappa shape index (κ2) is 4.76. The van der Waals surface area contributed by atoms with Gasteiger partial charge in [-0.1, -0.05) is 24.3 Å². The molecule has 0 aliphatic carbocycles. The topological polar surface area (TPSA) is 37.0 Å². The Morgan fingerprint density at radius 1 is 1.38 bits per heavy atom. The second-order valence-corrected chi connectivity index (χ2v) is 4.38. The fourth-order valence-corrected chi connectivity index (χ4v) is 2.06. The van der Waals surface area contributed by atoms with E-state index < -0.39 is 0 Å². The van der Waals surface area contributed by atoms with Crippen molar-refractivity contribution >= 4 is 49.9 Å². The van der Waals surface area contributed by atoms with E-state index in [0.717, 1.165) is 21.2 Å². The SMILES string of the molecule is CNC(=S)Nc1cc2ccccc2c(Br)n1. The summed E-state index contributed by atoms with van der Waals surface area (Å²) in [7, 11) is 1.77. The molecule has 0 radical (unpaired) electrons. The summed E-state index contributed by atoms with van der Waals surface area (Å²) < 4.78 is 0.812. The summed E-state index contributed by atoms with van der Waals surface area (Å²) in [5, 5.41) is 8.60. The lowest BCUT2D eigenvalue weighted by Crippen LogP contribution is -2.24. The van der Waals surface area contributed by atoms with Crippen LogP contribution in [0.25, 0.3) is 10.8 Å². The highest BCUT2D eigenvalue weighted by Crippen LogP contribution is 2.24. The first-order chi connectivity index (χ1) is 7.70. The monoisotopic (exact) mass is 295 g/mol. The van der Waals surface area contributed by atoms with Crippen molar-refractivity contribution in [1.29, 1.82) is 0 Å². The molecule has 2 aromatic rings. The number of rotatable bonds is 1. The minimum atomic E-state index is 0.551. The summed E-state index contributed by atoms with van der Waals surface area (Å²) >= 11 is 8.47. The number of fused-ring (bicyclic) bond motifs is 1. The van der Waals surface area contributed by atoms with Crippen LogP contribution in [0, 0.1) is 0 Å². The third-order valence-electron chi connectivity index (χ3n) is 2.16. The number of thiocarbonyl (C=S) groups is 1. The van der Waals surface area contributed by atoms with Crippen molar-refractivity contribution in [3.8, 4) is 0 Å². The summed E-state index contributed by atoms with van der Waals surface area (Å²) in [6.07, 6.45) is 0. The van der Waals surface area contributed by atoms with Gasteiger partial charge < -0.3 is 10.6 Å². The van der Waals surface area contributed by atoms with Crippen LogP contribution in [-0.2, 0) is 0 Å². The number of pyridine rings is 1. The van der Waals surface area contributed by atoms with Gasteiger partial charge in [-0.2, -0.15) is 0 Å². The molecular formula is C11H10BrN3S. The van der Waals surface area contributed by atoms with Gasteiger partial charge in [0, 0.05) is 12.4 Å². The Morgan fingerprint density at radius 2 is 2.12 bits per heavy atom. The smallest absolute Gasteiger partial charge is 0.171 e. The highest BCUT2D eigenvalue weighted by Gasteiger charge is 2.03. The summed E-state index contributed by atoms with van der Waals surface area (Å²) in [6, 6.07) is 10.0. The van der Waals surface area contributed by atoms with E-state index in [1.165, 1.54) is 0 Å². The van der Waals surface area contributed by atoms with E-state index in [2.05, 4.69) is 31.5 Å². The molecule has 0 unspecified atom stereocenters. The molecule has 0 aliphatic rings. The third-order valence-corrected chi connectivity index (χ3v) is 3.07. The molecule has 0 spiro atoms. The zero-order valence-corrected chi connectivity index (χ0v) is 11.0. The van der Waals surface area contributed by atoms with Gasteiger partial charge >= 0.3 is 0 Å². The van der Waals surface area contributed by atoms with Crippen LogP contribution in [0.5, 0.6) is 0 Å². The van der Waals surface area contributed by atoms with E-state index in [1.807, 2.05) is 30.3 Å². The average Bonchev–Trinajstić information content (AvgIpc) is 2.29. The molecule has 5 heteroatoms. The number of nitrogens with zero attached hydrogens (tertiary/aromatic N) is 1. The zero-order valence-electron chi connectivity index (χ0n) is 8.62. The van der Waals surface area contributed by atoms with Crippen molar-refractivity contribution in [1.82, 2.24) is 10.3 Å². The molecule has 1 aromatic carbocycles. The van der Waals surface area contributed by atoms with Crippen molar-refractivity contribution in [2.24, 2.45) is 0 Å². The summed E-state index contributed by atoms with van der Waals surface area (Å²) in [5.41, 5.74) is 0. The molecule has 82 valence electrons. The number of halogens is 1. The van der Waals surface area contributed by atoms with Crippen LogP contribution in [0.4, 0.5) is 5.82 Å². The van der Waals surface area contributed by atoms with E-state index in [1.54, 1.807) is 7.05 Å². The van der Waals surface area contributed by atoms with Crippen LogP contribution in [-0.4, -0.2) is 17.1 Å². The second-order valence-electron chi connectivity index (χ2n) is 3.22. The molecule has 0 amide bonds. The molecule has 0 aliphatic heterocycles. The Bertz CT molecular complexity index is 542. The van der Waals surface area contributed by atoms with Crippen LogP contribution >= 0.6 is 28.1 Å². The van der Waals surface area contributed by atoms with Crippen molar-refractivity contribution in [2.45, 2.75) is 0 Å². The number of anilines is 1. The van der Waals surface area contributed by atoms with E-state index >= 15 is 0 Å². The van der Waals surface area contributed by atoms with Gasteiger partial charge in [-0.3, -0.25) is 0 Å². The Morgan fingerprint density at radius 3 is 2.88 bits per heavy atom. The predicted octanol–water partition coefficient (Wildman–Crippen LogP) is 2.91.